The Morgan fingerprint density at radius 1 is 1.37 bits per heavy atom. The number of hydrogen-bond donors (Lipinski definition) is 1. The first-order chi connectivity index (χ1) is 14.3. The lowest BCUT2D eigenvalue weighted by Gasteiger charge is -2.32. The number of amides is 1. The molecule has 0 saturated heterocycles. The van der Waals surface area contributed by atoms with Crippen molar-refractivity contribution < 1.29 is 4.79 Å². The van der Waals surface area contributed by atoms with Gasteiger partial charge in [-0.1, -0.05) is 44.4 Å². The number of rotatable bonds is 7. The minimum atomic E-state index is -0.759. The lowest BCUT2D eigenvalue weighted by Crippen LogP contribution is -2.51. The van der Waals surface area contributed by atoms with Crippen LogP contribution in [0, 0.1) is 25.2 Å². The Hall–Kier alpha value is -1.85. The zero-order chi connectivity index (χ0) is 21.9. The molecule has 0 spiro atoms. The number of aromatic nitrogens is 2. The van der Waals surface area contributed by atoms with Gasteiger partial charge >= 0.3 is 0 Å². The predicted octanol–water partition coefficient (Wildman–Crippen LogP) is 4.70. The Bertz CT molecular complexity index is 1030. The normalized spacial score (nSPS) is 16.9. The molecular formula is C22H30N4O2S2. The molecule has 3 rings (SSSR count). The maximum Gasteiger partial charge on any atom is 0.263 e. The van der Waals surface area contributed by atoms with Crippen LogP contribution in [0.1, 0.15) is 69.2 Å². The molecule has 2 heterocycles. The third-order valence-electron chi connectivity index (χ3n) is 5.92. The van der Waals surface area contributed by atoms with E-state index in [2.05, 4.69) is 18.3 Å². The summed E-state index contributed by atoms with van der Waals surface area (Å²) in [6, 6.07) is 2.34. The molecule has 0 bridgehead atoms. The number of carbonyl (C=O) groups is 1. The Balaban J connectivity index is 1.89. The molecule has 0 aromatic carbocycles. The molecule has 162 valence electrons. The topological polar surface area (TPSA) is 87.8 Å². The van der Waals surface area contributed by atoms with Crippen LogP contribution >= 0.6 is 23.1 Å². The van der Waals surface area contributed by atoms with Gasteiger partial charge in [0.1, 0.15) is 10.4 Å². The molecule has 1 aliphatic rings. The summed E-state index contributed by atoms with van der Waals surface area (Å²) < 4.78 is 1.72. The number of thiophene rings is 1. The SMILES string of the molecule is CCCCn1c(SC(C)C(=O)NC2(C#N)CCCCC2)nc2sc(C)c(C)c2c1=O. The van der Waals surface area contributed by atoms with Crippen molar-refractivity contribution in [1.82, 2.24) is 14.9 Å². The van der Waals surface area contributed by atoms with Gasteiger partial charge in [0, 0.05) is 11.4 Å². The molecule has 1 unspecified atom stereocenters. The van der Waals surface area contributed by atoms with Crippen LogP contribution in [0.4, 0.5) is 0 Å². The summed E-state index contributed by atoms with van der Waals surface area (Å²) in [5.41, 5.74) is 0.213. The molecule has 1 amide bonds. The number of thioether (sulfide) groups is 1. The van der Waals surface area contributed by atoms with Gasteiger partial charge in [0.25, 0.3) is 5.56 Å². The highest BCUT2D eigenvalue weighted by Crippen LogP contribution is 2.31. The zero-order valence-corrected chi connectivity index (χ0v) is 19.8. The van der Waals surface area contributed by atoms with E-state index in [1.54, 1.807) is 4.57 Å². The van der Waals surface area contributed by atoms with Gasteiger partial charge in [0.2, 0.25) is 5.91 Å². The minimum absolute atomic E-state index is 0.0221. The molecule has 1 saturated carbocycles. The maximum absolute atomic E-state index is 13.2. The fourth-order valence-corrected chi connectivity index (χ4v) is 5.89. The summed E-state index contributed by atoms with van der Waals surface area (Å²) >= 11 is 2.83. The van der Waals surface area contributed by atoms with Crippen LogP contribution in [0.3, 0.4) is 0 Å². The van der Waals surface area contributed by atoms with Crippen LogP contribution in [0.25, 0.3) is 10.2 Å². The minimum Gasteiger partial charge on any atom is -0.337 e. The average molecular weight is 447 g/mol. The number of nitriles is 1. The van der Waals surface area contributed by atoms with E-state index in [0.717, 1.165) is 47.4 Å². The molecule has 0 aliphatic heterocycles. The lowest BCUT2D eigenvalue weighted by molar-refractivity contribution is -0.121. The van der Waals surface area contributed by atoms with Crippen LogP contribution in [0.5, 0.6) is 0 Å². The quantitative estimate of drug-likeness (QED) is 0.492. The summed E-state index contributed by atoms with van der Waals surface area (Å²) in [7, 11) is 0. The highest BCUT2D eigenvalue weighted by atomic mass is 32.2. The second-order valence-corrected chi connectivity index (χ2v) is 10.7. The number of aryl methyl sites for hydroxylation is 2. The number of nitrogens with one attached hydrogen (secondary N) is 1. The van der Waals surface area contributed by atoms with Crippen LogP contribution in [-0.4, -0.2) is 26.2 Å². The van der Waals surface area contributed by atoms with E-state index in [0.29, 0.717) is 29.9 Å². The van der Waals surface area contributed by atoms with E-state index in [-0.39, 0.29) is 11.5 Å². The molecule has 1 N–H and O–H groups in total. The van der Waals surface area contributed by atoms with E-state index < -0.39 is 10.8 Å². The van der Waals surface area contributed by atoms with Crippen molar-refractivity contribution in [3.8, 4) is 6.07 Å². The second-order valence-electron chi connectivity index (χ2n) is 8.17. The Kier molecular flexibility index (Phi) is 7.25. The van der Waals surface area contributed by atoms with Gasteiger partial charge in [0.15, 0.2) is 5.16 Å². The van der Waals surface area contributed by atoms with E-state index in [4.69, 9.17) is 4.98 Å². The molecule has 8 heteroatoms. The van der Waals surface area contributed by atoms with E-state index in [1.165, 1.54) is 23.1 Å². The van der Waals surface area contributed by atoms with Gasteiger partial charge in [-0.2, -0.15) is 5.26 Å². The molecular weight excluding hydrogens is 416 g/mol. The van der Waals surface area contributed by atoms with E-state index in [9.17, 15) is 14.9 Å². The van der Waals surface area contributed by atoms with Crippen molar-refractivity contribution in [2.45, 2.75) is 95.1 Å². The molecule has 2 aromatic heterocycles. The van der Waals surface area contributed by atoms with Gasteiger partial charge in [-0.25, -0.2) is 4.98 Å². The first-order valence-corrected chi connectivity index (χ1v) is 12.4. The molecule has 0 radical (unpaired) electrons. The first kappa shape index (κ1) is 22.8. The Labute approximate surface area is 186 Å². The highest BCUT2D eigenvalue weighted by Gasteiger charge is 2.35. The van der Waals surface area contributed by atoms with Gasteiger partial charge in [-0.15, -0.1) is 11.3 Å². The van der Waals surface area contributed by atoms with E-state index >= 15 is 0 Å². The maximum atomic E-state index is 13.2. The predicted molar refractivity (Wildman–Crippen MR) is 123 cm³/mol. The number of nitrogens with zero attached hydrogens (tertiary/aromatic N) is 3. The molecule has 1 atom stereocenters. The Morgan fingerprint density at radius 3 is 2.70 bits per heavy atom. The van der Waals surface area contributed by atoms with Gasteiger partial charge in [0.05, 0.1) is 16.7 Å². The highest BCUT2D eigenvalue weighted by molar-refractivity contribution is 8.00. The van der Waals surface area contributed by atoms with Gasteiger partial charge < -0.3 is 5.32 Å². The summed E-state index contributed by atoms with van der Waals surface area (Å²) in [6.45, 7) is 8.47. The summed E-state index contributed by atoms with van der Waals surface area (Å²) in [5, 5.41) is 13.5. The fourth-order valence-electron chi connectivity index (χ4n) is 3.88. The van der Waals surface area contributed by atoms with Crippen molar-refractivity contribution in [3.05, 3.63) is 20.8 Å². The zero-order valence-electron chi connectivity index (χ0n) is 18.2. The number of hydrogen-bond acceptors (Lipinski definition) is 6. The fraction of sp³-hybridized carbons (Fsp3) is 0.636. The molecule has 6 nitrogen and oxygen atoms in total. The molecule has 1 fully saturated rings. The third-order valence-corrected chi connectivity index (χ3v) is 8.12. The van der Waals surface area contributed by atoms with Crippen LogP contribution in [0.2, 0.25) is 0 Å². The van der Waals surface area contributed by atoms with Crippen molar-refractivity contribution in [2.24, 2.45) is 0 Å². The summed E-state index contributed by atoms with van der Waals surface area (Å²) in [6.07, 6.45) is 6.27. The van der Waals surface area contributed by atoms with Crippen LogP contribution in [0.15, 0.2) is 9.95 Å². The van der Waals surface area contributed by atoms with Gasteiger partial charge in [-0.05, 0) is 45.6 Å². The van der Waals surface area contributed by atoms with Crippen molar-refractivity contribution >= 4 is 39.2 Å². The smallest absolute Gasteiger partial charge is 0.263 e. The third kappa shape index (κ3) is 4.57. The monoisotopic (exact) mass is 446 g/mol. The Morgan fingerprint density at radius 2 is 2.07 bits per heavy atom. The first-order valence-electron chi connectivity index (χ1n) is 10.7. The largest absolute Gasteiger partial charge is 0.337 e. The van der Waals surface area contributed by atoms with Crippen molar-refractivity contribution in [1.29, 1.82) is 5.26 Å². The van der Waals surface area contributed by atoms with Crippen molar-refractivity contribution in [3.63, 3.8) is 0 Å². The van der Waals surface area contributed by atoms with Crippen molar-refractivity contribution in [2.75, 3.05) is 0 Å². The van der Waals surface area contributed by atoms with E-state index in [1.807, 2.05) is 20.8 Å². The molecule has 1 aliphatic carbocycles. The van der Waals surface area contributed by atoms with Gasteiger partial charge in [-0.3, -0.25) is 14.2 Å². The number of carbonyl (C=O) groups excluding carboxylic acids is 1. The van der Waals surface area contributed by atoms with Crippen LogP contribution in [-0.2, 0) is 11.3 Å². The second kappa shape index (κ2) is 9.52. The summed E-state index contributed by atoms with van der Waals surface area (Å²) in [5.74, 6) is -0.168. The lowest BCUT2D eigenvalue weighted by atomic mass is 9.83. The standard InChI is InChI=1S/C22H30N4O2S2/c1-5-6-12-26-20(28)17-14(2)15(3)29-19(17)24-21(26)30-16(4)18(27)25-22(13-23)10-8-7-9-11-22/h16H,5-12H2,1-4H3,(H,25,27). The number of fused-ring (bicyclic) bond motifs is 1. The summed E-state index contributed by atoms with van der Waals surface area (Å²) in [4.78, 5) is 32.8. The molecule has 30 heavy (non-hydrogen) atoms. The molecule has 2 aromatic rings. The van der Waals surface area contributed by atoms with Crippen LogP contribution < -0.4 is 10.9 Å². The number of unbranched alkanes of at least 4 members (excludes halogenated alkanes) is 1. The average Bonchev–Trinajstić information content (AvgIpc) is 3.02.